The van der Waals surface area contributed by atoms with Crippen molar-refractivity contribution in [3.05, 3.63) is 87.5 Å². The Bertz CT molecular complexity index is 1080. The van der Waals surface area contributed by atoms with Crippen LogP contribution in [-0.2, 0) is 13.0 Å². The second kappa shape index (κ2) is 9.32. The molecule has 0 aliphatic carbocycles. The molecule has 6 nitrogen and oxygen atoms in total. The summed E-state index contributed by atoms with van der Waals surface area (Å²) < 4.78 is 13.0. The molecule has 8 heteroatoms. The summed E-state index contributed by atoms with van der Waals surface area (Å²) in [5, 5.41) is 14.9. The van der Waals surface area contributed by atoms with E-state index in [-0.39, 0.29) is 29.4 Å². The third kappa shape index (κ3) is 5.09. The predicted molar refractivity (Wildman–Crippen MR) is 113 cm³/mol. The summed E-state index contributed by atoms with van der Waals surface area (Å²) in [6.45, 7) is 2.17. The van der Waals surface area contributed by atoms with Gasteiger partial charge in [-0.05, 0) is 54.4 Å². The first-order chi connectivity index (χ1) is 14.4. The van der Waals surface area contributed by atoms with Gasteiger partial charge < -0.3 is 15.7 Å². The third-order valence-electron chi connectivity index (χ3n) is 4.36. The highest BCUT2D eigenvalue weighted by molar-refractivity contribution is 7.16. The number of carboxylic acids is 1. The van der Waals surface area contributed by atoms with Crippen LogP contribution in [0.1, 0.15) is 48.4 Å². The molecule has 0 bridgehead atoms. The fourth-order valence-corrected chi connectivity index (χ4v) is 3.69. The van der Waals surface area contributed by atoms with E-state index in [1.807, 2.05) is 6.92 Å². The number of carbonyl (C=O) groups is 3. The highest BCUT2D eigenvalue weighted by atomic mass is 32.1. The van der Waals surface area contributed by atoms with E-state index in [0.717, 1.165) is 10.4 Å². The smallest absolute Gasteiger partial charge is 0.335 e. The number of aromatic carboxylic acids is 1. The lowest BCUT2D eigenvalue weighted by Gasteiger charge is -2.08. The van der Waals surface area contributed by atoms with Gasteiger partial charge in [-0.2, -0.15) is 0 Å². The largest absolute Gasteiger partial charge is 0.478 e. The lowest BCUT2D eigenvalue weighted by molar-refractivity contribution is 0.0696. The molecule has 3 aromatic rings. The summed E-state index contributed by atoms with van der Waals surface area (Å²) in [6.07, 6.45) is 0.700. The monoisotopic (exact) mass is 426 g/mol. The van der Waals surface area contributed by atoms with Crippen molar-refractivity contribution >= 4 is 34.1 Å². The van der Waals surface area contributed by atoms with E-state index >= 15 is 0 Å². The van der Waals surface area contributed by atoms with Crippen molar-refractivity contribution in [3.63, 3.8) is 0 Å². The van der Waals surface area contributed by atoms with Gasteiger partial charge in [-0.1, -0.05) is 19.1 Å². The van der Waals surface area contributed by atoms with Crippen molar-refractivity contribution < 1.29 is 23.9 Å². The number of halogens is 1. The van der Waals surface area contributed by atoms with Gasteiger partial charge >= 0.3 is 5.97 Å². The van der Waals surface area contributed by atoms with Crippen LogP contribution in [0, 0.1) is 5.82 Å². The van der Waals surface area contributed by atoms with Crippen LogP contribution in [0.5, 0.6) is 0 Å². The Morgan fingerprint density at radius 1 is 0.967 bits per heavy atom. The molecule has 3 rings (SSSR count). The molecule has 0 unspecified atom stereocenters. The zero-order valence-corrected chi connectivity index (χ0v) is 16.9. The molecule has 0 saturated carbocycles. The number of amides is 2. The van der Waals surface area contributed by atoms with E-state index in [2.05, 4.69) is 10.6 Å². The Morgan fingerprint density at radius 2 is 1.60 bits per heavy atom. The van der Waals surface area contributed by atoms with E-state index in [1.54, 1.807) is 18.2 Å². The van der Waals surface area contributed by atoms with Crippen molar-refractivity contribution in [2.45, 2.75) is 19.9 Å². The Labute approximate surface area is 176 Å². The van der Waals surface area contributed by atoms with Crippen LogP contribution in [0.4, 0.5) is 9.39 Å². The van der Waals surface area contributed by atoms with Gasteiger partial charge in [-0.3, -0.25) is 9.59 Å². The van der Waals surface area contributed by atoms with E-state index in [1.165, 1.54) is 47.7 Å². The number of rotatable bonds is 7. The van der Waals surface area contributed by atoms with Gasteiger partial charge in [0.2, 0.25) is 0 Å². The molecule has 0 aliphatic rings. The molecule has 0 spiro atoms. The normalized spacial score (nSPS) is 10.5. The van der Waals surface area contributed by atoms with Crippen molar-refractivity contribution in [3.8, 4) is 0 Å². The number of carboxylic acid groups (broad SMARTS) is 1. The van der Waals surface area contributed by atoms with Crippen molar-refractivity contribution in [2.24, 2.45) is 0 Å². The van der Waals surface area contributed by atoms with Gasteiger partial charge in [-0.25, -0.2) is 9.18 Å². The lowest BCUT2D eigenvalue weighted by atomic mass is 10.1. The summed E-state index contributed by atoms with van der Waals surface area (Å²) >= 11 is 1.31. The van der Waals surface area contributed by atoms with Crippen LogP contribution >= 0.6 is 11.3 Å². The summed E-state index contributed by atoms with van der Waals surface area (Å²) in [6, 6.07) is 13.1. The van der Waals surface area contributed by atoms with E-state index < -0.39 is 11.9 Å². The molecule has 0 aliphatic heterocycles. The Hall–Kier alpha value is -3.52. The second-order valence-corrected chi connectivity index (χ2v) is 7.59. The molecule has 0 saturated heterocycles. The maximum atomic E-state index is 13.0. The van der Waals surface area contributed by atoms with Crippen LogP contribution in [0.15, 0.2) is 54.6 Å². The van der Waals surface area contributed by atoms with E-state index in [0.29, 0.717) is 17.0 Å². The predicted octanol–water partition coefficient (Wildman–Crippen LogP) is 4.33. The molecule has 2 aromatic carbocycles. The fourth-order valence-electron chi connectivity index (χ4n) is 2.70. The summed E-state index contributed by atoms with van der Waals surface area (Å²) in [5.74, 6) is -2.22. The van der Waals surface area contributed by atoms with E-state index in [4.69, 9.17) is 5.11 Å². The average molecular weight is 426 g/mol. The molecule has 154 valence electrons. The Balaban J connectivity index is 1.74. The minimum Gasteiger partial charge on any atom is -0.478 e. The second-order valence-electron chi connectivity index (χ2n) is 6.45. The molecule has 2 amide bonds. The van der Waals surface area contributed by atoms with Gasteiger partial charge in [0.05, 0.1) is 11.1 Å². The first-order valence-corrected chi connectivity index (χ1v) is 9.99. The number of anilines is 1. The number of nitrogens with one attached hydrogen (secondary N) is 2. The van der Waals surface area contributed by atoms with E-state index in [9.17, 15) is 18.8 Å². The molecule has 30 heavy (non-hydrogen) atoms. The first kappa shape index (κ1) is 21.2. The van der Waals surface area contributed by atoms with Crippen LogP contribution in [0.2, 0.25) is 0 Å². The fraction of sp³-hybridized carbons (Fsp3) is 0.136. The number of thiophene rings is 1. The number of hydrogen-bond donors (Lipinski definition) is 3. The standard InChI is InChI=1S/C22H19FN2O4S/c1-2-17-11-18(20(27)24-12-13-3-9-16(23)10-4-13)21(30-17)25-19(26)14-5-7-15(8-6-14)22(28)29/h3-11H,2,12H2,1H3,(H,24,27)(H,25,26)(H,28,29). The molecular formula is C22H19FN2O4S. The highest BCUT2D eigenvalue weighted by Gasteiger charge is 2.18. The SMILES string of the molecule is CCc1cc(C(=O)NCc2ccc(F)cc2)c(NC(=O)c2ccc(C(=O)O)cc2)s1. The zero-order valence-electron chi connectivity index (χ0n) is 16.1. The Kier molecular flexibility index (Phi) is 6.58. The number of hydrogen-bond acceptors (Lipinski definition) is 4. The average Bonchev–Trinajstić information content (AvgIpc) is 3.16. The van der Waals surface area contributed by atoms with Gasteiger partial charge in [0.25, 0.3) is 11.8 Å². The van der Waals surface area contributed by atoms with Crippen LogP contribution in [-0.4, -0.2) is 22.9 Å². The molecule has 0 atom stereocenters. The number of carbonyl (C=O) groups excluding carboxylic acids is 2. The first-order valence-electron chi connectivity index (χ1n) is 9.17. The summed E-state index contributed by atoms with van der Waals surface area (Å²) in [7, 11) is 0. The number of aryl methyl sites for hydroxylation is 1. The Morgan fingerprint density at radius 3 is 2.20 bits per heavy atom. The van der Waals surface area contributed by atoms with Crippen molar-refractivity contribution in [2.75, 3.05) is 5.32 Å². The maximum Gasteiger partial charge on any atom is 0.335 e. The van der Waals surface area contributed by atoms with Crippen molar-refractivity contribution in [1.29, 1.82) is 0 Å². The number of benzene rings is 2. The third-order valence-corrected chi connectivity index (χ3v) is 5.56. The minimum atomic E-state index is -1.08. The molecule has 0 fully saturated rings. The van der Waals surface area contributed by atoms with Crippen LogP contribution in [0.25, 0.3) is 0 Å². The summed E-state index contributed by atoms with van der Waals surface area (Å²) in [5.41, 5.74) is 1.45. The van der Waals surface area contributed by atoms with Crippen LogP contribution < -0.4 is 10.6 Å². The zero-order chi connectivity index (χ0) is 21.7. The van der Waals surface area contributed by atoms with Crippen molar-refractivity contribution in [1.82, 2.24) is 5.32 Å². The molecule has 0 radical (unpaired) electrons. The molecule has 1 aromatic heterocycles. The van der Waals surface area contributed by atoms with Gasteiger partial charge in [-0.15, -0.1) is 11.3 Å². The minimum absolute atomic E-state index is 0.0804. The molecule has 1 heterocycles. The van der Waals surface area contributed by atoms with Crippen LogP contribution in [0.3, 0.4) is 0 Å². The maximum absolute atomic E-state index is 13.0. The highest BCUT2D eigenvalue weighted by Crippen LogP contribution is 2.29. The molecular weight excluding hydrogens is 407 g/mol. The van der Waals surface area contributed by atoms with Gasteiger partial charge in [0.15, 0.2) is 0 Å². The topological polar surface area (TPSA) is 95.5 Å². The lowest BCUT2D eigenvalue weighted by Crippen LogP contribution is -2.24. The molecule has 3 N–H and O–H groups in total. The van der Waals surface area contributed by atoms with Gasteiger partial charge in [0, 0.05) is 17.0 Å². The summed E-state index contributed by atoms with van der Waals surface area (Å²) in [4.78, 5) is 37.1. The quantitative estimate of drug-likeness (QED) is 0.524. The van der Waals surface area contributed by atoms with Gasteiger partial charge in [0.1, 0.15) is 10.8 Å².